The number of likely N-dealkylation sites (N-methyl/N-ethyl adjacent to an activating group) is 1. The van der Waals surface area contributed by atoms with Crippen LogP contribution < -0.4 is 10.2 Å². The minimum absolute atomic E-state index is 0.0396. The van der Waals surface area contributed by atoms with Crippen LogP contribution in [0, 0.1) is 5.82 Å². The number of hydrogen-bond donors (Lipinski definition) is 2. The molecule has 0 spiro atoms. The van der Waals surface area contributed by atoms with E-state index in [9.17, 15) is 23.9 Å². The molecule has 2 aromatic carbocycles. The number of aromatic carboxylic acids is 1. The van der Waals surface area contributed by atoms with Gasteiger partial charge in [0, 0.05) is 56.9 Å². The molecule has 1 aromatic heterocycles. The molecule has 1 aliphatic rings. The topological polar surface area (TPSA) is 106 Å². The Bertz CT molecular complexity index is 1270. The maximum Gasteiger partial charge on any atom is 0.336 e. The van der Waals surface area contributed by atoms with E-state index in [1.807, 2.05) is 4.90 Å². The molecular weight excluding hydrogens is 453 g/mol. The van der Waals surface area contributed by atoms with Crippen LogP contribution in [0.1, 0.15) is 20.7 Å². The molecule has 1 saturated heterocycles. The molecule has 0 bridgehead atoms. The van der Waals surface area contributed by atoms with E-state index in [2.05, 4.69) is 15.2 Å². The van der Waals surface area contributed by atoms with Gasteiger partial charge in [-0.15, -0.1) is 0 Å². The van der Waals surface area contributed by atoms with E-state index in [0.29, 0.717) is 55.1 Å². The fraction of sp³-hybridized carbons (Fsp3) is 0.280. The molecule has 182 valence electrons. The van der Waals surface area contributed by atoms with Gasteiger partial charge in [-0.2, -0.15) is 0 Å². The van der Waals surface area contributed by atoms with Gasteiger partial charge in [-0.05, 0) is 48.5 Å². The number of carbonyl (C=O) groups excluding carboxylic acids is 2. The monoisotopic (exact) mass is 479 g/mol. The number of hydrogen-bond acceptors (Lipinski definition) is 6. The fourth-order valence-electron chi connectivity index (χ4n) is 3.90. The van der Waals surface area contributed by atoms with Gasteiger partial charge in [0.1, 0.15) is 11.6 Å². The molecule has 2 amide bonds. The Balaban J connectivity index is 1.54. The maximum absolute atomic E-state index is 13.1. The third kappa shape index (κ3) is 5.55. The highest BCUT2D eigenvalue weighted by atomic mass is 19.1. The third-order valence-corrected chi connectivity index (χ3v) is 5.94. The summed E-state index contributed by atoms with van der Waals surface area (Å²) < 4.78 is 13.1. The van der Waals surface area contributed by atoms with Crippen LogP contribution in [0.15, 0.2) is 48.5 Å². The molecule has 2 N–H and O–H groups in total. The van der Waals surface area contributed by atoms with Crippen LogP contribution in [0.3, 0.4) is 0 Å². The Hall–Kier alpha value is -4.05. The van der Waals surface area contributed by atoms with E-state index in [-0.39, 0.29) is 17.0 Å². The average Bonchev–Trinajstić information content (AvgIpc) is 2.84. The van der Waals surface area contributed by atoms with Gasteiger partial charge in [-0.25, -0.2) is 14.2 Å². The van der Waals surface area contributed by atoms with Gasteiger partial charge in [-0.3, -0.25) is 14.5 Å². The number of carboxylic acids is 1. The standard InChI is InChI=1S/C25H26FN5O4/c1-29(2)23(32)15-30-9-11-31(12-10-30)22-14-20(25(34)35)19-13-18(7-8-21(19)28-22)27-24(33)16-3-5-17(26)6-4-16/h3-8,13-14H,9-12,15H2,1-2H3,(H,27,33)(H,34,35). The molecule has 3 aromatic rings. The summed E-state index contributed by atoms with van der Waals surface area (Å²) in [5.74, 6) is -1.38. The summed E-state index contributed by atoms with van der Waals surface area (Å²) >= 11 is 0. The van der Waals surface area contributed by atoms with Gasteiger partial charge >= 0.3 is 5.97 Å². The molecule has 1 fully saturated rings. The Morgan fingerprint density at radius 3 is 2.34 bits per heavy atom. The SMILES string of the molecule is CN(C)C(=O)CN1CCN(c2cc(C(=O)O)c3cc(NC(=O)c4ccc(F)cc4)ccc3n2)CC1. The van der Waals surface area contributed by atoms with Crippen LogP contribution >= 0.6 is 0 Å². The number of carboxylic acid groups (broad SMARTS) is 1. The second-order valence-corrected chi connectivity index (χ2v) is 8.58. The van der Waals surface area contributed by atoms with Crippen LogP contribution in [-0.4, -0.2) is 84.5 Å². The summed E-state index contributed by atoms with van der Waals surface area (Å²) in [6, 6.07) is 11.6. The number of amides is 2. The van der Waals surface area contributed by atoms with Crippen molar-refractivity contribution in [3.63, 3.8) is 0 Å². The van der Waals surface area contributed by atoms with Crippen LogP contribution in [0.25, 0.3) is 10.9 Å². The molecule has 0 aliphatic carbocycles. The molecule has 0 saturated carbocycles. The van der Waals surface area contributed by atoms with E-state index in [0.717, 1.165) is 0 Å². The largest absolute Gasteiger partial charge is 0.478 e. The van der Waals surface area contributed by atoms with Crippen LogP contribution in [0.4, 0.5) is 15.9 Å². The fourth-order valence-corrected chi connectivity index (χ4v) is 3.90. The normalized spacial score (nSPS) is 14.1. The van der Waals surface area contributed by atoms with Crippen molar-refractivity contribution in [3.05, 3.63) is 65.5 Å². The van der Waals surface area contributed by atoms with Gasteiger partial charge in [0.25, 0.3) is 5.91 Å². The van der Waals surface area contributed by atoms with Crippen molar-refractivity contribution in [2.45, 2.75) is 0 Å². The quantitative estimate of drug-likeness (QED) is 0.560. The number of nitrogens with zero attached hydrogens (tertiary/aromatic N) is 4. The minimum Gasteiger partial charge on any atom is -0.478 e. The van der Waals surface area contributed by atoms with Crippen molar-refractivity contribution < 1.29 is 23.9 Å². The Kier molecular flexibility index (Phi) is 6.92. The molecule has 1 aliphatic heterocycles. The summed E-state index contributed by atoms with van der Waals surface area (Å²) in [5.41, 5.74) is 1.26. The number of fused-ring (bicyclic) bond motifs is 1. The molecule has 0 unspecified atom stereocenters. The van der Waals surface area contributed by atoms with E-state index in [4.69, 9.17) is 0 Å². The lowest BCUT2D eigenvalue weighted by Gasteiger charge is -2.35. The zero-order valence-corrected chi connectivity index (χ0v) is 19.5. The molecule has 0 radical (unpaired) electrons. The third-order valence-electron chi connectivity index (χ3n) is 5.94. The first-order valence-corrected chi connectivity index (χ1v) is 11.1. The van der Waals surface area contributed by atoms with E-state index in [1.54, 1.807) is 37.2 Å². The lowest BCUT2D eigenvalue weighted by atomic mass is 10.1. The lowest BCUT2D eigenvalue weighted by Crippen LogP contribution is -2.49. The summed E-state index contributed by atoms with van der Waals surface area (Å²) in [6.07, 6.45) is 0. The van der Waals surface area contributed by atoms with Crippen molar-refractivity contribution in [2.24, 2.45) is 0 Å². The van der Waals surface area contributed by atoms with Crippen molar-refractivity contribution in [1.82, 2.24) is 14.8 Å². The van der Waals surface area contributed by atoms with Crippen LogP contribution in [0.2, 0.25) is 0 Å². The number of halogens is 1. The Morgan fingerprint density at radius 2 is 1.71 bits per heavy atom. The second-order valence-electron chi connectivity index (χ2n) is 8.58. The number of anilines is 2. The molecule has 2 heterocycles. The number of nitrogens with one attached hydrogen (secondary N) is 1. The van der Waals surface area contributed by atoms with Crippen molar-refractivity contribution in [2.75, 3.05) is 57.0 Å². The van der Waals surface area contributed by atoms with E-state index in [1.165, 1.54) is 30.3 Å². The first kappa shape index (κ1) is 24.1. The van der Waals surface area contributed by atoms with E-state index >= 15 is 0 Å². The van der Waals surface area contributed by atoms with Crippen LogP contribution in [-0.2, 0) is 4.79 Å². The number of carbonyl (C=O) groups is 3. The number of benzene rings is 2. The zero-order valence-electron chi connectivity index (χ0n) is 19.5. The van der Waals surface area contributed by atoms with Crippen molar-refractivity contribution in [3.8, 4) is 0 Å². The number of aromatic nitrogens is 1. The summed E-state index contributed by atoms with van der Waals surface area (Å²) in [7, 11) is 3.45. The average molecular weight is 480 g/mol. The smallest absolute Gasteiger partial charge is 0.336 e. The Morgan fingerprint density at radius 1 is 1.03 bits per heavy atom. The van der Waals surface area contributed by atoms with Gasteiger partial charge in [-0.1, -0.05) is 0 Å². The highest BCUT2D eigenvalue weighted by molar-refractivity contribution is 6.08. The number of rotatable bonds is 6. The van der Waals surface area contributed by atoms with Gasteiger partial charge in [0.05, 0.1) is 17.6 Å². The van der Waals surface area contributed by atoms with Gasteiger partial charge in [0.15, 0.2) is 0 Å². The predicted molar refractivity (Wildman–Crippen MR) is 130 cm³/mol. The lowest BCUT2D eigenvalue weighted by molar-refractivity contribution is -0.129. The molecule has 0 atom stereocenters. The van der Waals surface area contributed by atoms with Crippen molar-refractivity contribution >= 4 is 40.2 Å². The van der Waals surface area contributed by atoms with Gasteiger partial charge in [0.2, 0.25) is 5.91 Å². The Labute approximate surface area is 201 Å². The summed E-state index contributed by atoms with van der Waals surface area (Å²) in [6.45, 7) is 2.90. The maximum atomic E-state index is 13.1. The molecule has 4 rings (SSSR count). The van der Waals surface area contributed by atoms with Crippen molar-refractivity contribution in [1.29, 1.82) is 0 Å². The molecule has 10 heteroatoms. The summed E-state index contributed by atoms with van der Waals surface area (Å²) in [5, 5.41) is 13.0. The van der Waals surface area contributed by atoms with E-state index < -0.39 is 17.7 Å². The molecule has 35 heavy (non-hydrogen) atoms. The van der Waals surface area contributed by atoms with Gasteiger partial charge < -0.3 is 20.2 Å². The minimum atomic E-state index is -1.10. The second kappa shape index (κ2) is 10.1. The summed E-state index contributed by atoms with van der Waals surface area (Å²) in [4.78, 5) is 46.8. The predicted octanol–water partition coefficient (Wildman–Crippen LogP) is 2.53. The zero-order chi connectivity index (χ0) is 25.1. The van der Waals surface area contributed by atoms with Crippen LogP contribution in [0.5, 0.6) is 0 Å². The molecule has 9 nitrogen and oxygen atoms in total. The number of pyridine rings is 1. The first-order chi connectivity index (χ1) is 16.7. The first-order valence-electron chi connectivity index (χ1n) is 11.1. The molecular formula is C25H26FN5O4. The highest BCUT2D eigenvalue weighted by Crippen LogP contribution is 2.27. The number of piperazine rings is 1. The highest BCUT2D eigenvalue weighted by Gasteiger charge is 2.22.